The van der Waals surface area contributed by atoms with Crippen LogP contribution in [0.15, 0.2) is 48.0 Å². The summed E-state index contributed by atoms with van der Waals surface area (Å²) in [5.74, 6) is 1.65. The number of ether oxygens (including phenoxy) is 1. The Bertz CT molecular complexity index is 1050. The fourth-order valence-corrected chi connectivity index (χ4v) is 3.78. The molecule has 2 fully saturated rings. The molecule has 2 aliphatic carbocycles. The van der Waals surface area contributed by atoms with E-state index in [0.717, 1.165) is 43.8 Å². The van der Waals surface area contributed by atoms with Gasteiger partial charge in [-0.3, -0.25) is 4.79 Å². The largest absolute Gasteiger partial charge is 0.438 e. The van der Waals surface area contributed by atoms with E-state index in [4.69, 9.17) is 4.74 Å². The molecule has 2 saturated carbocycles. The second-order valence-electron chi connectivity index (χ2n) is 7.98. The molecule has 8 heteroatoms. The molecule has 7 nitrogen and oxygen atoms in total. The van der Waals surface area contributed by atoms with Crippen LogP contribution in [-0.4, -0.2) is 36.6 Å². The Balaban J connectivity index is 1.59. The maximum atomic E-state index is 13.1. The summed E-state index contributed by atoms with van der Waals surface area (Å²) in [5, 5.41) is 4.11. The highest BCUT2D eigenvalue weighted by Gasteiger charge is 2.31. The first kappa shape index (κ1) is 20.5. The molecule has 1 atom stereocenters. The smallest absolute Gasteiger partial charge is 0.258 e. The SMILES string of the molecule is CS(=O)(=O)C=CC(NC(=O)c1cnc(C2CC2)nc1Oc1ccccc1)C1CCC1. The average Bonchev–Trinajstić information content (AvgIpc) is 3.50. The lowest BCUT2D eigenvalue weighted by Gasteiger charge is -2.32. The first-order valence-electron chi connectivity index (χ1n) is 10.2. The van der Waals surface area contributed by atoms with Crippen LogP contribution in [0.25, 0.3) is 0 Å². The standard InChI is InChI=1S/C22H25N3O4S/c1-30(27,28)13-12-19(15-6-5-7-15)24-21(26)18-14-23-20(16-10-11-16)25-22(18)29-17-8-3-2-4-9-17/h2-4,8-9,12-16,19H,5-7,10-11H2,1H3,(H,24,26). The summed E-state index contributed by atoms with van der Waals surface area (Å²) in [6.07, 6.45) is 9.26. The van der Waals surface area contributed by atoms with Gasteiger partial charge in [-0.2, -0.15) is 4.98 Å². The van der Waals surface area contributed by atoms with Crippen molar-refractivity contribution < 1.29 is 17.9 Å². The van der Waals surface area contributed by atoms with Crippen molar-refractivity contribution in [3.63, 3.8) is 0 Å². The van der Waals surface area contributed by atoms with Crippen molar-refractivity contribution in [2.45, 2.75) is 44.1 Å². The van der Waals surface area contributed by atoms with Gasteiger partial charge in [0.15, 0.2) is 9.84 Å². The molecule has 0 saturated heterocycles. The first-order chi connectivity index (χ1) is 14.4. The molecule has 1 N–H and O–H groups in total. The third-order valence-corrected chi connectivity index (χ3v) is 6.06. The van der Waals surface area contributed by atoms with Crippen LogP contribution >= 0.6 is 0 Å². The third-order valence-electron chi connectivity index (χ3n) is 5.41. The molecule has 0 radical (unpaired) electrons. The Morgan fingerprint density at radius 3 is 2.53 bits per heavy atom. The second-order valence-corrected chi connectivity index (χ2v) is 9.92. The van der Waals surface area contributed by atoms with Gasteiger partial charge in [-0.25, -0.2) is 13.4 Å². The number of benzene rings is 1. The third kappa shape index (κ3) is 5.24. The molecule has 1 amide bonds. The summed E-state index contributed by atoms with van der Waals surface area (Å²) in [6.45, 7) is 0. The van der Waals surface area contributed by atoms with E-state index >= 15 is 0 Å². The number of amides is 1. The summed E-state index contributed by atoms with van der Waals surface area (Å²) in [7, 11) is -3.28. The van der Waals surface area contributed by atoms with Gasteiger partial charge in [0.2, 0.25) is 5.88 Å². The molecule has 0 aliphatic heterocycles. The number of carbonyl (C=O) groups excluding carboxylic acids is 1. The summed E-state index contributed by atoms with van der Waals surface area (Å²) in [5.41, 5.74) is 0.236. The minimum atomic E-state index is -3.28. The maximum absolute atomic E-state index is 13.1. The lowest BCUT2D eigenvalue weighted by molar-refractivity contribution is 0.0915. The molecule has 1 aromatic carbocycles. The van der Waals surface area contributed by atoms with Gasteiger partial charge in [0, 0.05) is 23.8 Å². The molecular formula is C22H25N3O4S. The van der Waals surface area contributed by atoms with Gasteiger partial charge in [0.05, 0.1) is 6.04 Å². The highest BCUT2D eigenvalue weighted by atomic mass is 32.2. The van der Waals surface area contributed by atoms with E-state index in [0.29, 0.717) is 17.5 Å². The van der Waals surface area contributed by atoms with Crippen molar-refractivity contribution in [3.05, 3.63) is 59.4 Å². The number of nitrogens with one attached hydrogen (secondary N) is 1. The highest BCUT2D eigenvalue weighted by Crippen LogP contribution is 2.39. The van der Waals surface area contributed by atoms with Crippen molar-refractivity contribution in [1.82, 2.24) is 15.3 Å². The summed E-state index contributed by atoms with van der Waals surface area (Å²) < 4.78 is 29.0. The minimum Gasteiger partial charge on any atom is -0.438 e. The zero-order valence-electron chi connectivity index (χ0n) is 16.8. The van der Waals surface area contributed by atoms with Gasteiger partial charge in [-0.15, -0.1) is 0 Å². The predicted molar refractivity (Wildman–Crippen MR) is 113 cm³/mol. The van der Waals surface area contributed by atoms with Crippen molar-refractivity contribution >= 4 is 15.7 Å². The summed E-state index contributed by atoms with van der Waals surface area (Å²) in [4.78, 5) is 22.0. The summed E-state index contributed by atoms with van der Waals surface area (Å²) in [6, 6.07) is 8.81. The van der Waals surface area contributed by atoms with E-state index in [1.54, 1.807) is 18.2 Å². The Kier molecular flexibility index (Phi) is 5.85. The van der Waals surface area contributed by atoms with E-state index in [2.05, 4.69) is 15.3 Å². The van der Waals surface area contributed by atoms with Crippen LogP contribution in [0.1, 0.15) is 54.2 Å². The molecule has 4 rings (SSSR count). The van der Waals surface area contributed by atoms with Gasteiger partial charge in [-0.1, -0.05) is 30.7 Å². The van der Waals surface area contributed by atoms with Crippen molar-refractivity contribution in [2.75, 3.05) is 6.26 Å². The molecule has 1 aromatic heterocycles. The highest BCUT2D eigenvalue weighted by molar-refractivity contribution is 7.93. The molecule has 2 aliphatic rings. The molecule has 0 bridgehead atoms. The number of carbonyl (C=O) groups is 1. The van der Waals surface area contributed by atoms with Gasteiger partial charge in [0.1, 0.15) is 17.1 Å². The predicted octanol–water partition coefficient (Wildman–Crippen LogP) is 3.60. The van der Waals surface area contributed by atoms with Crippen LogP contribution in [0, 0.1) is 5.92 Å². The van der Waals surface area contributed by atoms with Crippen molar-refractivity contribution in [2.24, 2.45) is 5.92 Å². The number of hydrogen-bond donors (Lipinski definition) is 1. The van der Waals surface area contributed by atoms with Crippen LogP contribution in [0.4, 0.5) is 0 Å². The molecule has 30 heavy (non-hydrogen) atoms. The monoisotopic (exact) mass is 427 g/mol. The molecule has 158 valence electrons. The average molecular weight is 428 g/mol. The zero-order valence-corrected chi connectivity index (χ0v) is 17.6. The van der Waals surface area contributed by atoms with Crippen molar-refractivity contribution in [1.29, 1.82) is 0 Å². The lowest BCUT2D eigenvalue weighted by atomic mass is 9.79. The molecular weight excluding hydrogens is 402 g/mol. The Hall–Kier alpha value is -2.74. The quantitative estimate of drug-likeness (QED) is 0.691. The molecule has 0 spiro atoms. The van der Waals surface area contributed by atoms with Crippen LogP contribution in [0.2, 0.25) is 0 Å². The number of sulfone groups is 1. The van der Waals surface area contributed by atoms with Gasteiger partial charge >= 0.3 is 0 Å². The first-order valence-corrected chi connectivity index (χ1v) is 12.1. The number of rotatable bonds is 8. The Labute approximate surface area is 176 Å². The van der Waals surface area contributed by atoms with Gasteiger partial charge < -0.3 is 10.1 Å². The minimum absolute atomic E-state index is 0.218. The van der Waals surface area contributed by atoms with E-state index in [1.807, 2.05) is 18.2 Å². The van der Waals surface area contributed by atoms with Crippen LogP contribution in [-0.2, 0) is 9.84 Å². The maximum Gasteiger partial charge on any atom is 0.258 e. The van der Waals surface area contributed by atoms with E-state index < -0.39 is 9.84 Å². The summed E-state index contributed by atoms with van der Waals surface area (Å²) >= 11 is 0. The zero-order chi connectivity index (χ0) is 21.1. The van der Waals surface area contributed by atoms with Gasteiger partial charge in [-0.05, 0) is 43.7 Å². The van der Waals surface area contributed by atoms with E-state index in [-0.39, 0.29) is 29.3 Å². The molecule has 2 aromatic rings. The molecule has 1 unspecified atom stereocenters. The number of hydrogen-bond acceptors (Lipinski definition) is 6. The van der Waals surface area contributed by atoms with E-state index in [1.165, 1.54) is 6.20 Å². The topological polar surface area (TPSA) is 98.2 Å². The van der Waals surface area contributed by atoms with Gasteiger partial charge in [0.25, 0.3) is 5.91 Å². The Morgan fingerprint density at radius 1 is 1.20 bits per heavy atom. The lowest BCUT2D eigenvalue weighted by Crippen LogP contribution is -2.41. The number of aromatic nitrogens is 2. The molecule has 1 heterocycles. The van der Waals surface area contributed by atoms with E-state index in [9.17, 15) is 13.2 Å². The normalized spacial score (nSPS) is 18.0. The van der Waals surface area contributed by atoms with Crippen molar-refractivity contribution in [3.8, 4) is 11.6 Å². The number of para-hydroxylation sites is 1. The number of nitrogens with zero attached hydrogens (tertiary/aromatic N) is 2. The van der Waals surface area contributed by atoms with Crippen LogP contribution in [0.5, 0.6) is 11.6 Å². The fraction of sp³-hybridized carbons (Fsp3) is 0.409. The van der Waals surface area contributed by atoms with Crippen LogP contribution in [0.3, 0.4) is 0 Å². The van der Waals surface area contributed by atoms with Crippen LogP contribution < -0.4 is 10.1 Å². The Morgan fingerprint density at radius 2 is 1.93 bits per heavy atom. The fourth-order valence-electron chi connectivity index (χ4n) is 3.33. The second kappa shape index (κ2) is 8.55.